The molecule has 0 unspecified atom stereocenters. The van der Waals surface area contributed by atoms with E-state index in [-0.39, 0.29) is 5.91 Å². The van der Waals surface area contributed by atoms with E-state index in [1.807, 2.05) is 36.4 Å². The molecule has 0 bridgehead atoms. The molecular formula is C20H22N3O3. The zero-order valence-electron chi connectivity index (χ0n) is 15.2. The lowest BCUT2D eigenvalue weighted by atomic mass is 10.1. The van der Waals surface area contributed by atoms with E-state index in [9.17, 15) is 9.59 Å². The lowest BCUT2D eigenvalue weighted by Gasteiger charge is -2.21. The van der Waals surface area contributed by atoms with Gasteiger partial charge in [0.1, 0.15) is 17.5 Å². The van der Waals surface area contributed by atoms with Gasteiger partial charge in [0.15, 0.2) is 0 Å². The summed E-state index contributed by atoms with van der Waals surface area (Å²) < 4.78 is 5.21. The van der Waals surface area contributed by atoms with Gasteiger partial charge in [-0.25, -0.2) is 9.78 Å². The third-order valence-corrected chi connectivity index (χ3v) is 3.94. The van der Waals surface area contributed by atoms with Crippen molar-refractivity contribution in [2.45, 2.75) is 38.8 Å². The van der Waals surface area contributed by atoms with Crippen LogP contribution in [0.3, 0.4) is 0 Å². The number of aromatic nitrogens is 1. The minimum Gasteiger partial charge on any atom is -0.444 e. The SMILES string of the molecule is CC(C)(C)OC(=O)N[C@H]1CCN(c2ccc(-c3[c]cccc3)cn2)C1=O. The van der Waals surface area contributed by atoms with Gasteiger partial charge in [0.2, 0.25) is 0 Å². The number of carbonyl (C=O) groups is 2. The second-order valence-corrected chi connectivity index (χ2v) is 7.16. The van der Waals surface area contributed by atoms with Gasteiger partial charge in [-0.1, -0.05) is 24.3 Å². The van der Waals surface area contributed by atoms with E-state index in [4.69, 9.17) is 4.74 Å². The van der Waals surface area contributed by atoms with Gasteiger partial charge < -0.3 is 10.1 Å². The highest BCUT2D eigenvalue weighted by molar-refractivity contribution is 6.00. The lowest BCUT2D eigenvalue weighted by Crippen LogP contribution is -2.43. The fraction of sp³-hybridized carbons (Fsp3) is 0.350. The Labute approximate surface area is 153 Å². The summed E-state index contributed by atoms with van der Waals surface area (Å²) in [4.78, 5) is 30.4. The first-order chi connectivity index (χ1) is 12.3. The molecule has 2 amide bonds. The highest BCUT2D eigenvalue weighted by Crippen LogP contribution is 2.23. The maximum absolute atomic E-state index is 12.6. The van der Waals surface area contributed by atoms with Gasteiger partial charge in [-0.2, -0.15) is 0 Å². The summed E-state index contributed by atoms with van der Waals surface area (Å²) in [5, 5.41) is 2.64. The standard InChI is InChI=1S/C20H22N3O3/c1-20(2,3)26-19(25)22-16-11-12-23(18(16)24)17-10-9-15(13-21-17)14-7-5-4-6-8-14/h4-7,9-10,13,16H,11-12H2,1-3H3,(H,22,25)/t16-/m0/s1. The fourth-order valence-corrected chi connectivity index (χ4v) is 2.77. The minimum absolute atomic E-state index is 0.178. The Morgan fingerprint density at radius 3 is 2.73 bits per heavy atom. The van der Waals surface area contributed by atoms with Gasteiger partial charge >= 0.3 is 6.09 Å². The number of ether oxygens (including phenoxy) is 1. The molecule has 0 spiro atoms. The summed E-state index contributed by atoms with van der Waals surface area (Å²) in [5.41, 5.74) is 1.28. The number of amides is 2. The number of nitrogens with one attached hydrogen (secondary N) is 1. The van der Waals surface area contributed by atoms with Gasteiger partial charge in [-0.3, -0.25) is 9.69 Å². The largest absolute Gasteiger partial charge is 0.444 e. The van der Waals surface area contributed by atoms with Crippen molar-refractivity contribution in [2.24, 2.45) is 0 Å². The van der Waals surface area contributed by atoms with Crippen LogP contribution in [-0.2, 0) is 9.53 Å². The monoisotopic (exact) mass is 352 g/mol. The Morgan fingerprint density at radius 2 is 2.12 bits per heavy atom. The highest BCUT2D eigenvalue weighted by Gasteiger charge is 2.35. The van der Waals surface area contributed by atoms with Crippen molar-refractivity contribution in [3.8, 4) is 11.1 Å². The molecule has 1 radical (unpaired) electrons. The van der Waals surface area contributed by atoms with Crippen LogP contribution < -0.4 is 10.2 Å². The van der Waals surface area contributed by atoms with Crippen molar-refractivity contribution in [3.63, 3.8) is 0 Å². The number of hydrogen-bond acceptors (Lipinski definition) is 4. The molecule has 26 heavy (non-hydrogen) atoms. The molecule has 0 aliphatic carbocycles. The Morgan fingerprint density at radius 1 is 1.31 bits per heavy atom. The lowest BCUT2D eigenvalue weighted by molar-refractivity contribution is -0.118. The minimum atomic E-state index is -0.600. The van der Waals surface area contributed by atoms with Crippen LogP contribution in [0, 0.1) is 6.07 Å². The van der Waals surface area contributed by atoms with Crippen molar-refractivity contribution in [1.29, 1.82) is 0 Å². The summed E-state index contributed by atoms with van der Waals surface area (Å²) in [6.45, 7) is 5.85. The van der Waals surface area contributed by atoms with E-state index in [1.165, 1.54) is 0 Å². The van der Waals surface area contributed by atoms with E-state index >= 15 is 0 Å². The number of hydrogen-bond donors (Lipinski definition) is 1. The van der Waals surface area contributed by atoms with Crippen LogP contribution in [0.2, 0.25) is 0 Å². The smallest absolute Gasteiger partial charge is 0.408 e. The van der Waals surface area contributed by atoms with Crippen LogP contribution in [0.5, 0.6) is 0 Å². The van der Waals surface area contributed by atoms with Crippen LogP contribution in [0.25, 0.3) is 11.1 Å². The molecule has 1 aliphatic heterocycles. The van der Waals surface area contributed by atoms with E-state index in [0.29, 0.717) is 18.8 Å². The first-order valence-electron chi connectivity index (χ1n) is 8.57. The summed E-state index contributed by atoms with van der Waals surface area (Å²) in [6, 6.07) is 13.9. The Kier molecular flexibility index (Phi) is 4.93. The predicted molar refractivity (Wildman–Crippen MR) is 98.6 cm³/mol. The average Bonchev–Trinajstić information content (AvgIpc) is 2.95. The highest BCUT2D eigenvalue weighted by atomic mass is 16.6. The molecule has 1 fully saturated rings. The molecule has 0 saturated carbocycles. The number of nitrogens with zero attached hydrogens (tertiary/aromatic N) is 2. The van der Waals surface area contributed by atoms with Crippen molar-refractivity contribution < 1.29 is 14.3 Å². The zero-order chi connectivity index (χ0) is 18.7. The first-order valence-corrected chi connectivity index (χ1v) is 8.57. The van der Waals surface area contributed by atoms with Gasteiger partial charge in [-0.05, 0) is 51.0 Å². The molecule has 6 heteroatoms. The Bertz CT molecular complexity index is 782. The first kappa shape index (κ1) is 17.9. The van der Waals surface area contributed by atoms with Crippen molar-refractivity contribution in [2.75, 3.05) is 11.4 Å². The molecular weight excluding hydrogens is 330 g/mol. The van der Waals surface area contributed by atoms with Crippen molar-refractivity contribution in [1.82, 2.24) is 10.3 Å². The number of alkyl carbamates (subject to hydrolysis) is 1. The summed E-state index contributed by atoms with van der Waals surface area (Å²) in [6.07, 6.45) is 1.66. The molecule has 6 nitrogen and oxygen atoms in total. The van der Waals surface area contributed by atoms with Crippen LogP contribution in [-0.4, -0.2) is 35.2 Å². The molecule has 135 valence electrons. The molecule has 1 aromatic heterocycles. The molecule has 1 N–H and O–H groups in total. The normalized spacial score (nSPS) is 17.3. The molecule has 1 saturated heterocycles. The number of benzene rings is 1. The van der Waals surface area contributed by atoms with Gasteiger partial charge in [0.25, 0.3) is 5.91 Å². The Balaban J connectivity index is 1.66. The Hall–Kier alpha value is -2.89. The number of carbonyl (C=O) groups excluding carboxylic acids is 2. The van der Waals surface area contributed by atoms with E-state index in [0.717, 1.165) is 11.1 Å². The zero-order valence-corrected chi connectivity index (χ0v) is 15.2. The second kappa shape index (κ2) is 7.15. The molecule has 3 rings (SSSR count). The number of pyridine rings is 1. The van der Waals surface area contributed by atoms with Gasteiger partial charge in [-0.15, -0.1) is 0 Å². The maximum atomic E-state index is 12.6. The summed E-state index contributed by atoms with van der Waals surface area (Å²) in [7, 11) is 0. The fourth-order valence-electron chi connectivity index (χ4n) is 2.77. The molecule has 2 heterocycles. The quantitative estimate of drug-likeness (QED) is 0.921. The molecule has 1 aliphatic rings. The number of anilines is 1. The van der Waals surface area contributed by atoms with Crippen molar-refractivity contribution in [3.05, 3.63) is 48.7 Å². The molecule has 1 aromatic carbocycles. The summed E-state index contributed by atoms with van der Waals surface area (Å²) in [5.74, 6) is 0.394. The third-order valence-electron chi connectivity index (χ3n) is 3.94. The summed E-state index contributed by atoms with van der Waals surface area (Å²) >= 11 is 0. The second-order valence-electron chi connectivity index (χ2n) is 7.16. The maximum Gasteiger partial charge on any atom is 0.408 e. The third kappa shape index (κ3) is 4.20. The van der Waals surface area contributed by atoms with Crippen LogP contribution in [0.4, 0.5) is 10.6 Å². The van der Waals surface area contributed by atoms with Crippen LogP contribution in [0.15, 0.2) is 42.6 Å². The number of rotatable bonds is 3. The van der Waals surface area contributed by atoms with E-state index < -0.39 is 17.7 Å². The van der Waals surface area contributed by atoms with Crippen LogP contribution >= 0.6 is 0 Å². The van der Waals surface area contributed by atoms with Gasteiger partial charge in [0.05, 0.1) is 0 Å². The van der Waals surface area contributed by atoms with Crippen LogP contribution in [0.1, 0.15) is 27.2 Å². The van der Waals surface area contributed by atoms with E-state index in [2.05, 4.69) is 16.4 Å². The van der Waals surface area contributed by atoms with E-state index in [1.54, 1.807) is 31.9 Å². The topological polar surface area (TPSA) is 71.5 Å². The molecule has 1 atom stereocenters. The predicted octanol–water partition coefficient (Wildman–Crippen LogP) is 3.18. The van der Waals surface area contributed by atoms with Gasteiger partial charge in [0, 0.05) is 18.3 Å². The van der Waals surface area contributed by atoms with Crippen molar-refractivity contribution >= 4 is 17.8 Å². The average molecular weight is 352 g/mol. The molecule has 2 aromatic rings.